The Kier molecular flexibility index (Phi) is 7.30. The molecular weight excluding hydrogens is 530 g/mol. The Labute approximate surface area is 234 Å². The fourth-order valence-electron chi connectivity index (χ4n) is 6.48. The number of aromatic nitrogens is 3. The van der Waals surface area contributed by atoms with Gasteiger partial charge in [-0.25, -0.2) is 13.4 Å². The van der Waals surface area contributed by atoms with E-state index in [0.717, 1.165) is 42.1 Å². The van der Waals surface area contributed by atoms with Crippen LogP contribution in [0.5, 0.6) is 0 Å². The summed E-state index contributed by atoms with van der Waals surface area (Å²) in [6.07, 6.45) is 8.45. The van der Waals surface area contributed by atoms with E-state index in [1.807, 2.05) is 46.0 Å². The van der Waals surface area contributed by atoms with Crippen LogP contribution in [0.4, 0.5) is 5.95 Å². The average Bonchev–Trinajstić information content (AvgIpc) is 3.40. The van der Waals surface area contributed by atoms with E-state index in [4.69, 9.17) is 4.98 Å². The van der Waals surface area contributed by atoms with Gasteiger partial charge in [0.25, 0.3) is 0 Å². The summed E-state index contributed by atoms with van der Waals surface area (Å²) in [5, 5.41) is 25.4. The third-order valence-electron chi connectivity index (χ3n) is 8.96. The average molecular weight is 568 g/mol. The number of aliphatic hydroxyl groups excluding tert-OH is 1. The van der Waals surface area contributed by atoms with Gasteiger partial charge in [-0.15, -0.1) is 0 Å². The predicted octanol–water partition coefficient (Wildman–Crippen LogP) is 2.77. The molecule has 40 heavy (non-hydrogen) atoms. The number of carbonyl (C=O) groups is 1. The lowest BCUT2D eigenvalue weighted by molar-refractivity contribution is -0.138. The maximum atomic E-state index is 12.9. The fourth-order valence-corrected chi connectivity index (χ4v) is 7.98. The van der Waals surface area contributed by atoms with Gasteiger partial charge in [0.2, 0.25) is 11.9 Å². The summed E-state index contributed by atoms with van der Waals surface area (Å²) in [6.45, 7) is 1.30. The second-order valence-corrected chi connectivity index (χ2v) is 13.9. The monoisotopic (exact) mass is 567 g/mol. The van der Waals surface area contributed by atoms with Crippen molar-refractivity contribution in [3.05, 3.63) is 48.3 Å². The molecule has 0 bridgehead atoms. The third kappa shape index (κ3) is 5.46. The standard InChI is InChI=1S/C29H37N5O5S/c35-22-9-15-33(16-10-22)27(36)20-4-6-21(7-5-20)31-28-30-14-8-26(32-28)34-17-11-23-24(2-1-3-25(23)34)29(37)12-18-40(38,39)19-13-29/h1-3,8,11,14,17,20-22,35,37H,4-7,9-10,12-13,15-16,18-19H2,(H,30,31,32)/t20-,21-. The highest BCUT2D eigenvalue weighted by molar-refractivity contribution is 7.91. The topological polar surface area (TPSA) is 138 Å². The van der Waals surface area contributed by atoms with E-state index < -0.39 is 15.4 Å². The van der Waals surface area contributed by atoms with Gasteiger partial charge in [-0.05, 0) is 75.1 Å². The number of aliphatic hydroxyl groups is 2. The van der Waals surface area contributed by atoms with E-state index in [0.29, 0.717) is 37.7 Å². The van der Waals surface area contributed by atoms with Crippen LogP contribution in [0.3, 0.4) is 0 Å². The number of nitrogens with zero attached hydrogens (tertiary/aromatic N) is 4. The van der Waals surface area contributed by atoms with Gasteiger partial charge in [0.15, 0.2) is 9.84 Å². The lowest BCUT2D eigenvalue weighted by Crippen LogP contribution is -2.44. The molecule has 2 aliphatic heterocycles. The fraction of sp³-hybridized carbons (Fsp3) is 0.552. The maximum absolute atomic E-state index is 12.9. The first-order valence-electron chi connectivity index (χ1n) is 14.3. The summed E-state index contributed by atoms with van der Waals surface area (Å²) < 4.78 is 25.9. The van der Waals surface area contributed by atoms with Gasteiger partial charge in [-0.2, -0.15) is 4.98 Å². The molecule has 1 amide bonds. The van der Waals surface area contributed by atoms with Gasteiger partial charge < -0.3 is 25.0 Å². The minimum absolute atomic E-state index is 0.0139. The summed E-state index contributed by atoms with van der Waals surface area (Å²) in [5.74, 6) is 1.47. The van der Waals surface area contributed by atoms with Crippen molar-refractivity contribution in [3.8, 4) is 5.82 Å². The highest BCUT2D eigenvalue weighted by Gasteiger charge is 2.38. The van der Waals surface area contributed by atoms with Gasteiger partial charge in [0.05, 0.1) is 28.7 Å². The lowest BCUT2D eigenvalue weighted by atomic mass is 9.85. The smallest absolute Gasteiger partial charge is 0.225 e. The molecule has 0 atom stereocenters. The zero-order chi connectivity index (χ0) is 27.9. The molecule has 3 aliphatic rings. The van der Waals surface area contributed by atoms with Crippen LogP contribution in [-0.4, -0.2) is 80.7 Å². The molecule has 3 fully saturated rings. The van der Waals surface area contributed by atoms with Gasteiger partial charge in [-0.3, -0.25) is 4.79 Å². The number of hydrogen-bond donors (Lipinski definition) is 3. The predicted molar refractivity (Wildman–Crippen MR) is 152 cm³/mol. The normalized spacial score (nSPS) is 25.1. The van der Waals surface area contributed by atoms with E-state index in [-0.39, 0.29) is 48.3 Å². The van der Waals surface area contributed by atoms with E-state index >= 15 is 0 Å². The molecule has 0 spiro atoms. The minimum atomic E-state index is -3.10. The summed E-state index contributed by atoms with van der Waals surface area (Å²) in [6, 6.07) is 9.71. The number of anilines is 1. The maximum Gasteiger partial charge on any atom is 0.225 e. The SMILES string of the molecule is O=C([C@H]1CC[C@H](Nc2nccc(-n3ccc4c(C5(O)CCS(=O)(=O)CC5)cccc43)n2)CC1)N1CCC(O)CC1. The van der Waals surface area contributed by atoms with Crippen LogP contribution < -0.4 is 5.32 Å². The van der Waals surface area contributed by atoms with Gasteiger partial charge >= 0.3 is 0 Å². The van der Waals surface area contributed by atoms with Crippen molar-refractivity contribution >= 4 is 32.6 Å². The summed E-state index contributed by atoms with van der Waals surface area (Å²) >= 11 is 0. The molecule has 1 aliphatic carbocycles. The molecule has 1 saturated carbocycles. The number of likely N-dealkylation sites (tertiary alicyclic amines) is 1. The zero-order valence-corrected chi connectivity index (χ0v) is 23.4. The molecule has 10 nitrogen and oxygen atoms in total. The number of nitrogens with one attached hydrogen (secondary N) is 1. The Hall–Kier alpha value is -3.02. The van der Waals surface area contributed by atoms with Crippen LogP contribution in [-0.2, 0) is 20.2 Å². The largest absolute Gasteiger partial charge is 0.393 e. The van der Waals surface area contributed by atoms with Gasteiger partial charge in [0, 0.05) is 42.8 Å². The number of amides is 1. The van der Waals surface area contributed by atoms with Crippen molar-refractivity contribution in [1.82, 2.24) is 19.4 Å². The number of hydrogen-bond acceptors (Lipinski definition) is 8. The quantitative estimate of drug-likeness (QED) is 0.428. The Morgan fingerprint density at radius 3 is 2.45 bits per heavy atom. The highest BCUT2D eigenvalue weighted by Crippen LogP contribution is 2.38. The lowest BCUT2D eigenvalue weighted by Gasteiger charge is -2.35. The Morgan fingerprint density at radius 1 is 1.00 bits per heavy atom. The van der Waals surface area contributed by atoms with Gasteiger partial charge in [-0.1, -0.05) is 12.1 Å². The zero-order valence-electron chi connectivity index (χ0n) is 22.6. The van der Waals surface area contributed by atoms with Crippen LogP contribution >= 0.6 is 0 Å². The van der Waals surface area contributed by atoms with E-state index in [1.165, 1.54) is 0 Å². The first kappa shape index (κ1) is 27.2. The number of fused-ring (bicyclic) bond motifs is 1. The van der Waals surface area contributed by atoms with Crippen molar-refractivity contribution in [2.75, 3.05) is 29.9 Å². The molecule has 3 N–H and O–H groups in total. The van der Waals surface area contributed by atoms with E-state index in [9.17, 15) is 23.4 Å². The second-order valence-electron chi connectivity index (χ2n) is 11.6. The first-order valence-corrected chi connectivity index (χ1v) is 16.1. The number of sulfone groups is 1. The molecular formula is C29H37N5O5S. The van der Waals surface area contributed by atoms with Crippen molar-refractivity contribution < 1.29 is 23.4 Å². The molecule has 6 rings (SSSR count). The summed E-state index contributed by atoms with van der Waals surface area (Å²) in [7, 11) is -3.10. The third-order valence-corrected chi connectivity index (χ3v) is 10.6. The molecule has 214 valence electrons. The number of piperidine rings is 1. The van der Waals surface area contributed by atoms with Crippen molar-refractivity contribution in [2.45, 2.75) is 69.1 Å². The van der Waals surface area contributed by atoms with Crippen LogP contribution in [0, 0.1) is 5.92 Å². The molecule has 0 radical (unpaired) electrons. The molecule has 3 aromatic rings. The Bertz CT molecular complexity index is 1480. The summed E-state index contributed by atoms with van der Waals surface area (Å²) in [4.78, 5) is 24.1. The van der Waals surface area contributed by atoms with Crippen molar-refractivity contribution in [1.29, 1.82) is 0 Å². The first-order chi connectivity index (χ1) is 19.2. The highest BCUT2D eigenvalue weighted by atomic mass is 32.2. The van der Waals surface area contributed by atoms with Gasteiger partial charge in [0.1, 0.15) is 5.82 Å². The molecule has 0 unspecified atom stereocenters. The Morgan fingerprint density at radius 2 is 1.73 bits per heavy atom. The van der Waals surface area contributed by atoms with Crippen molar-refractivity contribution in [3.63, 3.8) is 0 Å². The minimum Gasteiger partial charge on any atom is -0.393 e. The molecule has 2 aromatic heterocycles. The second kappa shape index (κ2) is 10.8. The number of rotatable bonds is 5. The number of benzene rings is 1. The van der Waals surface area contributed by atoms with Crippen LogP contribution in [0.2, 0.25) is 0 Å². The molecule has 11 heteroatoms. The van der Waals surface area contributed by atoms with Crippen LogP contribution in [0.1, 0.15) is 56.9 Å². The van der Waals surface area contributed by atoms with Crippen molar-refractivity contribution in [2.24, 2.45) is 5.92 Å². The number of carbonyl (C=O) groups excluding carboxylic acids is 1. The van der Waals surface area contributed by atoms with E-state index in [1.54, 1.807) is 6.20 Å². The summed E-state index contributed by atoms with van der Waals surface area (Å²) in [5.41, 5.74) is 0.455. The van der Waals surface area contributed by atoms with Crippen LogP contribution in [0.15, 0.2) is 42.7 Å². The van der Waals surface area contributed by atoms with Crippen LogP contribution in [0.25, 0.3) is 16.7 Å². The Balaban J connectivity index is 1.13. The molecule has 2 saturated heterocycles. The van der Waals surface area contributed by atoms with E-state index in [2.05, 4.69) is 10.3 Å². The molecule has 4 heterocycles. The molecule has 1 aromatic carbocycles.